The highest BCUT2D eigenvalue weighted by molar-refractivity contribution is 5.78. The maximum absolute atomic E-state index is 12.1. The summed E-state index contributed by atoms with van der Waals surface area (Å²) in [4.78, 5) is 24.0. The summed E-state index contributed by atoms with van der Waals surface area (Å²) in [5.74, 6) is 0.648. The molecule has 2 aromatic rings. The molecule has 0 aliphatic carbocycles. The van der Waals surface area contributed by atoms with Gasteiger partial charge in [0.05, 0.1) is 19.3 Å². The molecule has 6 nitrogen and oxygen atoms in total. The van der Waals surface area contributed by atoms with Gasteiger partial charge in [0.2, 0.25) is 5.91 Å². The van der Waals surface area contributed by atoms with Crippen molar-refractivity contribution in [2.45, 2.75) is 39.8 Å². The van der Waals surface area contributed by atoms with E-state index in [1.807, 2.05) is 45.0 Å². The minimum absolute atomic E-state index is 0.0220. The van der Waals surface area contributed by atoms with Gasteiger partial charge in [-0.3, -0.25) is 9.59 Å². The average molecular weight is 343 g/mol. The summed E-state index contributed by atoms with van der Waals surface area (Å²) in [5, 5.41) is 7.41. The van der Waals surface area contributed by atoms with Crippen LogP contribution in [0.2, 0.25) is 0 Å². The highest BCUT2D eigenvalue weighted by Gasteiger charge is 2.15. The van der Waals surface area contributed by atoms with Crippen LogP contribution in [-0.2, 0) is 11.3 Å². The van der Waals surface area contributed by atoms with Gasteiger partial charge in [-0.25, -0.2) is 4.68 Å². The first kappa shape index (κ1) is 18.7. The fourth-order valence-corrected chi connectivity index (χ4v) is 2.35. The van der Waals surface area contributed by atoms with Crippen molar-refractivity contribution in [1.82, 2.24) is 15.1 Å². The van der Waals surface area contributed by atoms with Gasteiger partial charge in [-0.2, -0.15) is 5.10 Å². The van der Waals surface area contributed by atoms with Crippen molar-refractivity contribution < 1.29 is 9.53 Å². The van der Waals surface area contributed by atoms with E-state index in [9.17, 15) is 9.59 Å². The molecule has 1 N–H and O–H groups in total. The molecular weight excluding hydrogens is 318 g/mol. The maximum atomic E-state index is 12.1. The van der Waals surface area contributed by atoms with E-state index >= 15 is 0 Å². The lowest BCUT2D eigenvalue weighted by Gasteiger charge is -2.19. The molecule has 1 atom stereocenters. The molecule has 0 radical (unpaired) electrons. The molecule has 1 amide bonds. The Morgan fingerprint density at radius 3 is 2.44 bits per heavy atom. The van der Waals surface area contributed by atoms with Crippen LogP contribution >= 0.6 is 0 Å². The highest BCUT2D eigenvalue weighted by Crippen LogP contribution is 2.19. The zero-order valence-corrected chi connectivity index (χ0v) is 15.2. The highest BCUT2D eigenvalue weighted by atomic mass is 16.5. The van der Waals surface area contributed by atoms with E-state index in [1.54, 1.807) is 13.2 Å². The summed E-state index contributed by atoms with van der Waals surface area (Å²) in [7, 11) is 1.61. The number of methoxy groups -OCH3 is 1. The standard InChI is InChI=1S/C19H25N3O3/c1-5-15(20-19(24)13(2)3)12-22-18(23)11-10-17(21-22)14-6-8-16(25-4)9-7-14/h6-11,13,15H,5,12H2,1-4H3,(H,20,24)/t15-/m1/s1. The second-order valence-corrected chi connectivity index (χ2v) is 6.24. The molecule has 2 rings (SSSR count). The summed E-state index contributed by atoms with van der Waals surface area (Å²) in [6.45, 7) is 6.01. The van der Waals surface area contributed by atoms with Crippen molar-refractivity contribution in [3.63, 3.8) is 0 Å². The summed E-state index contributed by atoms with van der Waals surface area (Å²) in [6.07, 6.45) is 0.722. The van der Waals surface area contributed by atoms with Gasteiger partial charge in [-0.15, -0.1) is 0 Å². The number of ether oxygens (including phenoxy) is 1. The number of hydrogen-bond acceptors (Lipinski definition) is 4. The molecule has 0 saturated carbocycles. The van der Waals surface area contributed by atoms with Gasteiger partial charge in [0.1, 0.15) is 5.75 Å². The second kappa shape index (κ2) is 8.46. The Bertz CT molecular complexity index is 766. The molecule has 0 aliphatic rings. The summed E-state index contributed by atoms with van der Waals surface area (Å²) in [6, 6.07) is 10.6. The van der Waals surface area contributed by atoms with Crippen molar-refractivity contribution in [1.29, 1.82) is 0 Å². The van der Waals surface area contributed by atoms with Crippen LogP contribution < -0.4 is 15.6 Å². The molecule has 25 heavy (non-hydrogen) atoms. The van der Waals surface area contributed by atoms with Crippen molar-refractivity contribution in [3.8, 4) is 17.0 Å². The van der Waals surface area contributed by atoms with Crippen LogP contribution in [0.15, 0.2) is 41.2 Å². The van der Waals surface area contributed by atoms with E-state index in [1.165, 1.54) is 10.7 Å². The van der Waals surface area contributed by atoms with Gasteiger partial charge in [0, 0.05) is 23.6 Å². The fraction of sp³-hybridized carbons (Fsp3) is 0.421. The maximum Gasteiger partial charge on any atom is 0.266 e. The fourth-order valence-electron chi connectivity index (χ4n) is 2.35. The molecule has 0 bridgehead atoms. The van der Waals surface area contributed by atoms with Crippen molar-refractivity contribution in [2.24, 2.45) is 5.92 Å². The number of aromatic nitrogens is 2. The molecular formula is C19H25N3O3. The zero-order chi connectivity index (χ0) is 18.4. The Labute approximate surface area is 147 Å². The van der Waals surface area contributed by atoms with Gasteiger partial charge in [-0.05, 0) is 36.8 Å². The molecule has 0 spiro atoms. The molecule has 0 aliphatic heterocycles. The lowest BCUT2D eigenvalue weighted by molar-refractivity contribution is -0.124. The third kappa shape index (κ3) is 4.92. The number of carbonyl (C=O) groups excluding carboxylic acids is 1. The Balaban J connectivity index is 2.22. The summed E-state index contributed by atoms with van der Waals surface area (Å²) < 4.78 is 6.57. The number of hydrogen-bond donors (Lipinski definition) is 1. The van der Waals surface area contributed by atoms with Gasteiger partial charge in [0.15, 0.2) is 0 Å². The van der Waals surface area contributed by atoms with Crippen LogP contribution in [0.4, 0.5) is 0 Å². The van der Waals surface area contributed by atoms with E-state index in [4.69, 9.17) is 4.74 Å². The van der Waals surface area contributed by atoms with E-state index in [2.05, 4.69) is 10.4 Å². The van der Waals surface area contributed by atoms with Gasteiger partial charge < -0.3 is 10.1 Å². The predicted molar refractivity (Wildman–Crippen MR) is 97.5 cm³/mol. The van der Waals surface area contributed by atoms with Crippen LogP contribution in [0, 0.1) is 5.92 Å². The van der Waals surface area contributed by atoms with E-state index in [0.29, 0.717) is 12.2 Å². The monoisotopic (exact) mass is 343 g/mol. The third-order valence-corrected chi connectivity index (χ3v) is 4.01. The van der Waals surface area contributed by atoms with Crippen LogP contribution in [0.1, 0.15) is 27.2 Å². The number of nitrogens with zero attached hydrogens (tertiary/aromatic N) is 2. The second-order valence-electron chi connectivity index (χ2n) is 6.24. The predicted octanol–water partition coefficient (Wildman–Crippen LogP) is 2.47. The number of carbonyl (C=O) groups is 1. The Kier molecular flexibility index (Phi) is 6.33. The molecule has 134 valence electrons. The largest absolute Gasteiger partial charge is 0.497 e. The lowest BCUT2D eigenvalue weighted by Crippen LogP contribution is -2.42. The van der Waals surface area contributed by atoms with Gasteiger partial charge in [0.25, 0.3) is 5.56 Å². The first-order valence-electron chi connectivity index (χ1n) is 8.47. The van der Waals surface area contributed by atoms with Crippen molar-refractivity contribution in [3.05, 3.63) is 46.8 Å². The minimum atomic E-state index is -0.186. The summed E-state index contributed by atoms with van der Waals surface area (Å²) in [5.41, 5.74) is 1.41. The van der Waals surface area contributed by atoms with Crippen LogP contribution in [0.3, 0.4) is 0 Å². The lowest BCUT2D eigenvalue weighted by atomic mass is 10.1. The molecule has 1 heterocycles. The SMILES string of the molecule is CC[C@H](Cn1nc(-c2ccc(OC)cc2)ccc1=O)NC(=O)C(C)C. The van der Waals surface area contributed by atoms with E-state index < -0.39 is 0 Å². The molecule has 6 heteroatoms. The average Bonchev–Trinajstić information content (AvgIpc) is 2.62. The Morgan fingerprint density at radius 2 is 1.88 bits per heavy atom. The molecule has 1 aromatic heterocycles. The molecule has 1 aromatic carbocycles. The van der Waals surface area contributed by atoms with Crippen molar-refractivity contribution in [2.75, 3.05) is 7.11 Å². The quantitative estimate of drug-likeness (QED) is 0.838. The van der Waals surface area contributed by atoms with Gasteiger partial charge in [-0.1, -0.05) is 20.8 Å². The topological polar surface area (TPSA) is 73.2 Å². The molecule has 0 unspecified atom stereocenters. The molecule has 0 saturated heterocycles. The third-order valence-electron chi connectivity index (χ3n) is 4.01. The normalized spacial score (nSPS) is 12.0. The zero-order valence-electron chi connectivity index (χ0n) is 15.2. The number of amides is 1. The van der Waals surface area contributed by atoms with Crippen LogP contribution in [0.25, 0.3) is 11.3 Å². The summed E-state index contributed by atoms with van der Waals surface area (Å²) >= 11 is 0. The Morgan fingerprint density at radius 1 is 1.20 bits per heavy atom. The van der Waals surface area contributed by atoms with Crippen LogP contribution in [-0.4, -0.2) is 28.8 Å². The van der Waals surface area contributed by atoms with Crippen LogP contribution in [0.5, 0.6) is 5.75 Å². The first-order chi connectivity index (χ1) is 11.9. The smallest absolute Gasteiger partial charge is 0.266 e. The molecule has 0 fully saturated rings. The minimum Gasteiger partial charge on any atom is -0.497 e. The number of benzene rings is 1. The number of rotatable bonds is 7. The van der Waals surface area contributed by atoms with E-state index in [0.717, 1.165) is 17.7 Å². The first-order valence-corrected chi connectivity index (χ1v) is 8.47. The van der Waals surface area contributed by atoms with E-state index in [-0.39, 0.29) is 23.4 Å². The van der Waals surface area contributed by atoms with Crippen molar-refractivity contribution >= 4 is 5.91 Å². The Hall–Kier alpha value is -2.63. The van der Waals surface area contributed by atoms with Gasteiger partial charge >= 0.3 is 0 Å². The number of nitrogens with one attached hydrogen (secondary N) is 1.